The second-order valence-corrected chi connectivity index (χ2v) is 10.3. The number of aromatic amines is 1. The minimum atomic E-state index is -3.36. The normalized spacial score (nSPS) is 23.0. The van der Waals surface area contributed by atoms with Crippen LogP contribution < -0.4 is 4.72 Å². The number of nitrogens with zero attached hydrogens (tertiary/aromatic N) is 3. The molecule has 1 saturated heterocycles. The van der Waals surface area contributed by atoms with Crippen LogP contribution in [-0.2, 0) is 14.8 Å². The average molecular weight is 432 g/mol. The van der Waals surface area contributed by atoms with Crippen molar-refractivity contribution in [1.82, 2.24) is 24.8 Å². The van der Waals surface area contributed by atoms with E-state index in [0.717, 1.165) is 24.7 Å². The van der Waals surface area contributed by atoms with Gasteiger partial charge in [-0.2, -0.15) is 5.10 Å². The molecule has 4 rings (SSSR count). The predicted octanol–water partition coefficient (Wildman–Crippen LogP) is 2.63. The Morgan fingerprint density at radius 3 is 2.63 bits per heavy atom. The average Bonchev–Trinajstić information content (AvgIpc) is 3.35. The highest BCUT2D eigenvalue weighted by Gasteiger charge is 2.39. The lowest BCUT2D eigenvalue weighted by Crippen LogP contribution is -2.38. The Morgan fingerprint density at radius 1 is 1.20 bits per heavy atom. The minimum absolute atomic E-state index is 0.0716. The molecule has 1 amide bonds. The third-order valence-electron chi connectivity index (χ3n) is 6.04. The van der Waals surface area contributed by atoms with Gasteiger partial charge in [0.1, 0.15) is 5.82 Å². The molecule has 0 unspecified atom stereocenters. The summed E-state index contributed by atoms with van der Waals surface area (Å²) >= 11 is 0. The Bertz CT molecular complexity index is 970. The fraction of sp³-hybridized carbons (Fsp3) is 0.571. The highest BCUT2D eigenvalue weighted by molar-refractivity contribution is 7.88. The van der Waals surface area contributed by atoms with Crippen molar-refractivity contribution in [2.24, 2.45) is 5.92 Å². The van der Waals surface area contributed by atoms with E-state index < -0.39 is 10.0 Å². The summed E-state index contributed by atoms with van der Waals surface area (Å²) in [6, 6.07) is 9.00. The number of likely N-dealkylation sites (tertiary alicyclic amines) is 1. The van der Waals surface area contributed by atoms with Gasteiger partial charge in [0.25, 0.3) is 0 Å². The molecule has 162 valence electrons. The van der Waals surface area contributed by atoms with Crippen LogP contribution in [0.3, 0.4) is 0 Å². The Labute approximate surface area is 177 Å². The van der Waals surface area contributed by atoms with Crippen molar-refractivity contribution in [2.45, 2.75) is 57.0 Å². The number of hydrogen-bond acceptors (Lipinski definition) is 5. The molecule has 9 heteroatoms. The second-order valence-electron chi connectivity index (χ2n) is 8.50. The monoisotopic (exact) mass is 431 g/mol. The van der Waals surface area contributed by atoms with Crippen molar-refractivity contribution < 1.29 is 13.2 Å². The maximum Gasteiger partial charge on any atom is 0.223 e. The smallest absolute Gasteiger partial charge is 0.223 e. The van der Waals surface area contributed by atoms with Crippen LogP contribution in [0.1, 0.15) is 56.8 Å². The number of aromatic nitrogens is 3. The summed E-state index contributed by atoms with van der Waals surface area (Å²) in [5, 5.41) is 7.31. The van der Waals surface area contributed by atoms with E-state index in [-0.39, 0.29) is 18.0 Å². The highest BCUT2D eigenvalue weighted by atomic mass is 32.2. The molecular weight excluding hydrogens is 402 g/mol. The zero-order valence-corrected chi connectivity index (χ0v) is 18.1. The Kier molecular flexibility index (Phi) is 6.19. The molecule has 0 spiro atoms. The van der Waals surface area contributed by atoms with E-state index in [1.807, 2.05) is 30.3 Å². The van der Waals surface area contributed by atoms with Crippen LogP contribution in [-0.4, -0.2) is 53.2 Å². The van der Waals surface area contributed by atoms with Crippen molar-refractivity contribution in [1.29, 1.82) is 0 Å². The standard InChI is InChI=1S/C21H29N5O3S/c1-30(28,29)25-17-13-18(21-22-20(23-24-21)16-10-6-3-7-11-16)26(14-17)19(27)12-15-8-4-2-5-9-15/h3,6-7,10-11,15,17-18,25H,2,4-5,8-9,12-14H2,1H3,(H,22,23,24)/t17-,18-/m0/s1. The van der Waals surface area contributed by atoms with Crippen LogP contribution in [0.4, 0.5) is 0 Å². The van der Waals surface area contributed by atoms with Crippen LogP contribution in [0, 0.1) is 5.92 Å². The molecular formula is C21H29N5O3S. The van der Waals surface area contributed by atoms with Crippen LogP contribution in [0.2, 0.25) is 0 Å². The van der Waals surface area contributed by atoms with Crippen LogP contribution in [0.5, 0.6) is 0 Å². The Hall–Kier alpha value is -2.26. The fourth-order valence-corrected chi connectivity index (χ4v) is 5.43. The van der Waals surface area contributed by atoms with Gasteiger partial charge in [-0.1, -0.05) is 49.6 Å². The zero-order chi connectivity index (χ0) is 21.1. The molecule has 1 aliphatic carbocycles. The van der Waals surface area contributed by atoms with Gasteiger partial charge in [0.05, 0.1) is 12.3 Å². The molecule has 2 heterocycles. The van der Waals surface area contributed by atoms with Gasteiger partial charge in [0.2, 0.25) is 15.9 Å². The first-order valence-corrected chi connectivity index (χ1v) is 12.5. The number of amides is 1. The maximum absolute atomic E-state index is 13.2. The summed E-state index contributed by atoms with van der Waals surface area (Å²) in [6.45, 7) is 0.352. The summed E-state index contributed by atoms with van der Waals surface area (Å²) in [5.74, 6) is 1.67. The number of sulfonamides is 1. The number of benzene rings is 1. The topological polar surface area (TPSA) is 108 Å². The van der Waals surface area contributed by atoms with Gasteiger partial charge in [-0.05, 0) is 25.2 Å². The number of H-pyrrole nitrogens is 1. The predicted molar refractivity (Wildman–Crippen MR) is 114 cm³/mol. The van der Waals surface area contributed by atoms with Crippen molar-refractivity contribution in [3.63, 3.8) is 0 Å². The van der Waals surface area contributed by atoms with E-state index in [2.05, 4.69) is 19.9 Å². The Morgan fingerprint density at radius 2 is 1.93 bits per heavy atom. The summed E-state index contributed by atoms with van der Waals surface area (Å²) < 4.78 is 26.2. The summed E-state index contributed by atoms with van der Waals surface area (Å²) in [6.07, 6.45) is 7.94. The van der Waals surface area contributed by atoms with E-state index in [4.69, 9.17) is 0 Å². The lowest BCUT2D eigenvalue weighted by Gasteiger charge is -2.27. The number of hydrogen-bond donors (Lipinski definition) is 2. The molecule has 2 atom stereocenters. The summed E-state index contributed by atoms with van der Waals surface area (Å²) in [4.78, 5) is 19.6. The van der Waals surface area contributed by atoms with E-state index in [1.54, 1.807) is 4.90 Å². The Balaban J connectivity index is 1.54. The molecule has 2 aromatic rings. The van der Waals surface area contributed by atoms with Gasteiger partial charge in [-0.25, -0.2) is 18.1 Å². The lowest BCUT2D eigenvalue weighted by molar-refractivity contribution is -0.133. The molecule has 1 aromatic heterocycles. The number of carbonyl (C=O) groups excluding carboxylic acids is 1. The number of nitrogens with one attached hydrogen (secondary N) is 2. The summed E-state index contributed by atoms with van der Waals surface area (Å²) in [7, 11) is -3.36. The lowest BCUT2D eigenvalue weighted by atomic mass is 9.86. The molecule has 0 radical (unpaired) electrons. The molecule has 1 aliphatic heterocycles. The van der Waals surface area contributed by atoms with Gasteiger partial charge in [-0.3, -0.25) is 9.89 Å². The molecule has 1 saturated carbocycles. The first-order valence-electron chi connectivity index (χ1n) is 10.6. The van der Waals surface area contributed by atoms with Gasteiger partial charge < -0.3 is 4.90 Å². The highest BCUT2D eigenvalue weighted by Crippen LogP contribution is 2.34. The van der Waals surface area contributed by atoms with E-state index in [0.29, 0.717) is 37.0 Å². The van der Waals surface area contributed by atoms with Crippen molar-refractivity contribution >= 4 is 15.9 Å². The van der Waals surface area contributed by atoms with Crippen molar-refractivity contribution in [3.05, 3.63) is 36.2 Å². The first kappa shape index (κ1) is 21.0. The first-order chi connectivity index (χ1) is 14.4. The van der Waals surface area contributed by atoms with E-state index >= 15 is 0 Å². The van der Waals surface area contributed by atoms with Crippen LogP contribution in [0.15, 0.2) is 30.3 Å². The molecule has 8 nitrogen and oxygen atoms in total. The van der Waals surface area contributed by atoms with Crippen LogP contribution >= 0.6 is 0 Å². The van der Waals surface area contributed by atoms with Gasteiger partial charge in [0.15, 0.2) is 5.82 Å². The van der Waals surface area contributed by atoms with Crippen LogP contribution in [0.25, 0.3) is 11.4 Å². The van der Waals surface area contributed by atoms with Gasteiger partial charge >= 0.3 is 0 Å². The summed E-state index contributed by atoms with van der Waals surface area (Å²) in [5.41, 5.74) is 0.892. The molecule has 2 aliphatic rings. The number of rotatable bonds is 6. The molecule has 30 heavy (non-hydrogen) atoms. The quantitative estimate of drug-likeness (QED) is 0.731. The zero-order valence-electron chi connectivity index (χ0n) is 17.3. The third kappa shape index (κ3) is 5.07. The largest absolute Gasteiger partial charge is 0.331 e. The molecule has 2 fully saturated rings. The SMILES string of the molecule is CS(=O)(=O)N[C@H]1C[C@@H](c2nc(-c3ccccc3)n[nH]2)N(C(=O)CC2CCCCC2)C1. The van der Waals surface area contributed by atoms with Crippen molar-refractivity contribution in [2.75, 3.05) is 12.8 Å². The van der Waals surface area contributed by atoms with E-state index in [9.17, 15) is 13.2 Å². The van der Waals surface area contributed by atoms with Crippen molar-refractivity contribution in [3.8, 4) is 11.4 Å². The van der Waals surface area contributed by atoms with Gasteiger partial charge in [-0.15, -0.1) is 0 Å². The van der Waals surface area contributed by atoms with Gasteiger partial charge in [0, 0.05) is 24.6 Å². The third-order valence-corrected chi connectivity index (χ3v) is 6.80. The molecule has 0 bridgehead atoms. The van der Waals surface area contributed by atoms with E-state index in [1.165, 1.54) is 19.3 Å². The second kappa shape index (κ2) is 8.85. The minimum Gasteiger partial charge on any atom is -0.331 e. The maximum atomic E-state index is 13.2. The number of carbonyl (C=O) groups is 1. The molecule has 2 N–H and O–H groups in total. The fourth-order valence-electron chi connectivity index (χ4n) is 4.65. The molecule has 1 aromatic carbocycles.